The van der Waals surface area contributed by atoms with Crippen LogP contribution in [-0.2, 0) is 4.79 Å². The minimum Gasteiger partial charge on any atom is -0.388 e. The first kappa shape index (κ1) is 13.0. The Bertz CT molecular complexity index is 430. The number of hydrogen-bond donors (Lipinski definition) is 1. The Morgan fingerprint density at radius 2 is 1.94 bits per heavy atom. The highest BCUT2D eigenvalue weighted by Gasteiger charge is 2.35. The van der Waals surface area contributed by atoms with Crippen LogP contribution in [0.5, 0.6) is 0 Å². The molecule has 98 valence electrons. The van der Waals surface area contributed by atoms with Gasteiger partial charge in [-0.1, -0.05) is 12.1 Å². The van der Waals surface area contributed by atoms with Crippen molar-refractivity contribution in [2.24, 2.45) is 5.92 Å². The number of hydrogen-bond acceptors (Lipinski definition) is 2. The first-order valence-electron chi connectivity index (χ1n) is 6.22. The molecule has 0 radical (unpaired) electrons. The third-order valence-corrected chi connectivity index (χ3v) is 3.47. The molecule has 0 saturated carbocycles. The van der Waals surface area contributed by atoms with Crippen molar-refractivity contribution in [3.63, 3.8) is 0 Å². The van der Waals surface area contributed by atoms with Crippen LogP contribution in [0.25, 0.3) is 0 Å². The molecule has 0 aromatic heterocycles. The molecule has 1 aromatic rings. The van der Waals surface area contributed by atoms with Crippen molar-refractivity contribution < 1.29 is 14.3 Å². The Morgan fingerprint density at radius 1 is 1.33 bits per heavy atom. The molecular weight excluding hydrogens is 233 g/mol. The van der Waals surface area contributed by atoms with Gasteiger partial charge in [0.25, 0.3) is 0 Å². The van der Waals surface area contributed by atoms with E-state index in [0.717, 1.165) is 0 Å². The van der Waals surface area contributed by atoms with Gasteiger partial charge in [-0.15, -0.1) is 0 Å². The van der Waals surface area contributed by atoms with E-state index in [1.54, 1.807) is 17.0 Å². The minimum atomic E-state index is -0.710. The number of aliphatic hydroxyl groups is 1. The minimum absolute atomic E-state index is 0.0798. The van der Waals surface area contributed by atoms with E-state index in [2.05, 4.69) is 0 Å². The summed E-state index contributed by atoms with van der Waals surface area (Å²) in [5, 5.41) is 10.2. The summed E-state index contributed by atoms with van der Waals surface area (Å²) in [4.78, 5) is 13.5. The number of carbonyl (C=O) groups is 1. The summed E-state index contributed by atoms with van der Waals surface area (Å²) in [5.74, 6) is -0.348. The third-order valence-electron chi connectivity index (χ3n) is 3.47. The lowest BCUT2D eigenvalue weighted by Gasteiger charge is -2.22. The topological polar surface area (TPSA) is 40.5 Å². The van der Waals surface area contributed by atoms with Gasteiger partial charge in [0, 0.05) is 24.9 Å². The smallest absolute Gasteiger partial charge is 0.223 e. The molecule has 1 aromatic carbocycles. The maximum Gasteiger partial charge on any atom is 0.223 e. The molecule has 0 bridgehead atoms. The van der Waals surface area contributed by atoms with Crippen molar-refractivity contribution in [3.05, 3.63) is 35.6 Å². The van der Waals surface area contributed by atoms with Gasteiger partial charge >= 0.3 is 0 Å². The standard InChI is InChI=1S/C14H18FNO2/c1-9(2)16-8-11(7-13(16)17)14(18)10-3-5-12(15)6-4-10/h3-6,9,11,14,18H,7-8H2,1-2H3. The second kappa shape index (κ2) is 5.06. The maximum atomic E-state index is 12.8. The van der Waals surface area contributed by atoms with Crippen LogP contribution in [0.15, 0.2) is 24.3 Å². The first-order valence-corrected chi connectivity index (χ1v) is 6.22. The van der Waals surface area contributed by atoms with Crippen LogP contribution in [0.3, 0.4) is 0 Å². The number of carbonyl (C=O) groups excluding carboxylic acids is 1. The van der Waals surface area contributed by atoms with E-state index in [-0.39, 0.29) is 23.7 Å². The number of aliphatic hydroxyl groups excluding tert-OH is 1. The molecular formula is C14H18FNO2. The van der Waals surface area contributed by atoms with Gasteiger partial charge in [0.1, 0.15) is 5.82 Å². The summed E-state index contributed by atoms with van der Waals surface area (Å²) in [7, 11) is 0. The second-order valence-corrected chi connectivity index (χ2v) is 5.10. The predicted molar refractivity (Wildman–Crippen MR) is 66.3 cm³/mol. The van der Waals surface area contributed by atoms with Gasteiger partial charge in [0.15, 0.2) is 0 Å². The van der Waals surface area contributed by atoms with Crippen molar-refractivity contribution in [2.75, 3.05) is 6.54 Å². The number of rotatable bonds is 3. The molecule has 2 rings (SSSR count). The zero-order valence-electron chi connectivity index (χ0n) is 10.6. The largest absolute Gasteiger partial charge is 0.388 e. The van der Waals surface area contributed by atoms with E-state index >= 15 is 0 Å². The number of nitrogens with zero attached hydrogens (tertiary/aromatic N) is 1. The van der Waals surface area contributed by atoms with Crippen molar-refractivity contribution in [2.45, 2.75) is 32.4 Å². The molecule has 1 N–H and O–H groups in total. The SMILES string of the molecule is CC(C)N1CC(C(O)c2ccc(F)cc2)CC1=O. The predicted octanol–water partition coefficient (Wildman–Crippen LogP) is 2.12. The average molecular weight is 251 g/mol. The molecule has 1 amide bonds. The van der Waals surface area contributed by atoms with Gasteiger partial charge in [-0.05, 0) is 31.5 Å². The van der Waals surface area contributed by atoms with Crippen LogP contribution in [0.2, 0.25) is 0 Å². The summed E-state index contributed by atoms with van der Waals surface area (Å²) in [6.07, 6.45) is -0.352. The van der Waals surface area contributed by atoms with Crippen molar-refractivity contribution >= 4 is 5.91 Å². The average Bonchev–Trinajstić information content (AvgIpc) is 2.71. The van der Waals surface area contributed by atoms with Crippen LogP contribution >= 0.6 is 0 Å². The molecule has 2 atom stereocenters. The number of benzene rings is 1. The Hall–Kier alpha value is -1.42. The van der Waals surface area contributed by atoms with E-state index in [1.807, 2.05) is 13.8 Å². The zero-order chi connectivity index (χ0) is 13.3. The van der Waals surface area contributed by atoms with E-state index in [1.165, 1.54) is 12.1 Å². The molecule has 3 nitrogen and oxygen atoms in total. The normalized spacial score (nSPS) is 21.7. The van der Waals surface area contributed by atoms with E-state index in [9.17, 15) is 14.3 Å². The highest BCUT2D eigenvalue weighted by Crippen LogP contribution is 2.31. The second-order valence-electron chi connectivity index (χ2n) is 5.10. The number of halogens is 1. The highest BCUT2D eigenvalue weighted by atomic mass is 19.1. The highest BCUT2D eigenvalue weighted by molar-refractivity contribution is 5.79. The molecule has 1 fully saturated rings. The summed E-state index contributed by atoms with van der Waals surface area (Å²) in [6.45, 7) is 4.49. The summed E-state index contributed by atoms with van der Waals surface area (Å²) >= 11 is 0. The quantitative estimate of drug-likeness (QED) is 0.894. The zero-order valence-corrected chi connectivity index (χ0v) is 10.6. The Morgan fingerprint density at radius 3 is 2.44 bits per heavy atom. The van der Waals surface area contributed by atoms with Gasteiger partial charge in [-0.2, -0.15) is 0 Å². The Balaban J connectivity index is 2.09. The fourth-order valence-corrected chi connectivity index (χ4v) is 2.40. The molecule has 1 aliphatic heterocycles. The summed E-state index contributed by atoms with van der Waals surface area (Å²) in [6, 6.07) is 5.96. The molecule has 1 saturated heterocycles. The Kier molecular flexibility index (Phi) is 3.66. The molecule has 18 heavy (non-hydrogen) atoms. The molecule has 1 aliphatic rings. The monoisotopic (exact) mass is 251 g/mol. The Labute approximate surface area is 106 Å². The van der Waals surface area contributed by atoms with Crippen molar-refractivity contribution in [1.82, 2.24) is 4.90 Å². The van der Waals surface area contributed by atoms with E-state index < -0.39 is 6.10 Å². The molecule has 2 unspecified atom stereocenters. The molecule has 1 heterocycles. The lowest BCUT2D eigenvalue weighted by atomic mass is 9.95. The van der Waals surface area contributed by atoms with E-state index in [0.29, 0.717) is 18.5 Å². The van der Waals surface area contributed by atoms with Crippen molar-refractivity contribution in [3.8, 4) is 0 Å². The van der Waals surface area contributed by atoms with Crippen LogP contribution in [-0.4, -0.2) is 28.5 Å². The number of likely N-dealkylation sites (tertiary alicyclic amines) is 1. The molecule has 4 heteroatoms. The lowest BCUT2D eigenvalue weighted by Crippen LogP contribution is -2.32. The fourth-order valence-electron chi connectivity index (χ4n) is 2.40. The van der Waals surface area contributed by atoms with Gasteiger partial charge < -0.3 is 10.0 Å². The fraction of sp³-hybridized carbons (Fsp3) is 0.500. The van der Waals surface area contributed by atoms with Crippen molar-refractivity contribution in [1.29, 1.82) is 0 Å². The van der Waals surface area contributed by atoms with Gasteiger partial charge in [-0.25, -0.2) is 4.39 Å². The van der Waals surface area contributed by atoms with Crippen LogP contribution < -0.4 is 0 Å². The first-order chi connectivity index (χ1) is 8.49. The van der Waals surface area contributed by atoms with Crippen LogP contribution in [0.1, 0.15) is 31.9 Å². The molecule has 0 aliphatic carbocycles. The molecule has 0 spiro atoms. The maximum absolute atomic E-state index is 12.8. The summed E-state index contributed by atoms with van der Waals surface area (Å²) < 4.78 is 12.8. The lowest BCUT2D eigenvalue weighted by molar-refractivity contribution is -0.129. The third kappa shape index (κ3) is 2.53. The van der Waals surface area contributed by atoms with E-state index in [4.69, 9.17) is 0 Å². The van der Waals surface area contributed by atoms with Gasteiger partial charge in [0.05, 0.1) is 6.10 Å². The van der Waals surface area contributed by atoms with Crippen LogP contribution in [0.4, 0.5) is 4.39 Å². The van der Waals surface area contributed by atoms with Crippen LogP contribution in [0, 0.1) is 11.7 Å². The number of amides is 1. The van der Waals surface area contributed by atoms with Gasteiger partial charge in [0.2, 0.25) is 5.91 Å². The summed E-state index contributed by atoms with van der Waals surface area (Å²) in [5.41, 5.74) is 0.666. The van der Waals surface area contributed by atoms with Gasteiger partial charge in [-0.3, -0.25) is 4.79 Å².